The number of likely N-dealkylation sites (tertiary alicyclic amines) is 1. The van der Waals surface area contributed by atoms with Crippen LogP contribution >= 0.6 is 11.3 Å². The maximum atomic E-state index is 12.6. The average Bonchev–Trinajstić information content (AvgIpc) is 3.25. The summed E-state index contributed by atoms with van der Waals surface area (Å²) in [6.07, 6.45) is 1.84. The predicted molar refractivity (Wildman–Crippen MR) is 99.4 cm³/mol. The third-order valence-electron chi connectivity index (χ3n) is 4.40. The SMILES string of the molecule is CCOc1ccc(-c2nc(CC(=O)N3CCCC3CC(=O)O)cs2)cc1. The van der Waals surface area contributed by atoms with Crippen molar-refractivity contribution in [3.63, 3.8) is 0 Å². The van der Waals surface area contributed by atoms with E-state index in [4.69, 9.17) is 9.84 Å². The highest BCUT2D eigenvalue weighted by atomic mass is 32.1. The molecule has 0 spiro atoms. The Bertz CT molecular complexity index is 772. The Hall–Kier alpha value is -2.41. The van der Waals surface area contributed by atoms with Gasteiger partial charge in [-0.2, -0.15) is 0 Å². The van der Waals surface area contributed by atoms with Gasteiger partial charge in [-0.15, -0.1) is 11.3 Å². The number of rotatable bonds is 7. The largest absolute Gasteiger partial charge is 0.494 e. The number of amides is 1. The third kappa shape index (κ3) is 4.40. The van der Waals surface area contributed by atoms with E-state index in [0.717, 1.165) is 34.9 Å². The van der Waals surface area contributed by atoms with E-state index in [1.54, 1.807) is 4.90 Å². The van der Waals surface area contributed by atoms with Gasteiger partial charge in [0.1, 0.15) is 10.8 Å². The molecule has 2 heterocycles. The van der Waals surface area contributed by atoms with E-state index in [9.17, 15) is 9.59 Å². The third-order valence-corrected chi connectivity index (χ3v) is 5.34. The minimum atomic E-state index is -0.860. The van der Waals surface area contributed by atoms with E-state index in [1.807, 2.05) is 36.6 Å². The van der Waals surface area contributed by atoms with Gasteiger partial charge in [0.15, 0.2) is 0 Å². The molecule has 1 aromatic carbocycles. The molecule has 1 atom stereocenters. The molecule has 1 aliphatic rings. The summed E-state index contributed by atoms with van der Waals surface area (Å²) < 4.78 is 5.44. The van der Waals surface area contributed by atoms with Gasteiger partial charge in [0, 0.05) is 23.5 Å². The number of carbonyl (C=O) groups is 2. The van der Waals surface area contributed by atoms with Crippen LogP contribution in [0.2, 0.25) is 0 Å². The summed E-state index contributed by atoms with van der Waals surface area (Å²) in [5.41, 5.74) is 1.71. The second kappa shape index (κ2) is 8.31. The molecule has 3 rings (SSSR count). The van der Waals surface area contributed by atoms with Gasteiger partial charge >= 0.3 is 5.97 Å². The molecule has 0 aliphatic carbocycles. The number of carboxylic acids is 1. The molecule has 0 saturated carbocycles. The van der Waals surface area contributed by atoms with Crippen molar-refractivity contribution < 1.29 is 19.4 Å². The van der Waals surface area contributed by atoms with Crippen molar-refractivity contribution in [1.82, 2.24) is 9.88 Å². The quantitative estimate of drug-likeness (QED) is 0.805. The van der Waals surface area contributed by atoms with Crippen LogP contribution in [-0.4, -0.2) is 46.1 Å². The minimum Gasteiger partial charge on any atom is -0.494 e. The van der Waals surface area contributed by atoms with E-state index >= 15 is 0 Å². The lowest BCUT2D eigenvalue weighted by atomic mass is 10.1. The zero-order chi connectivity index (χ0) is 18.5. The maximum Gasteiger partial charge on any atom is 0.305 e. The molecule has 6 nitrogen and oxygen atoms in total. The molecular formula is C19H22N2O4S. The molecule has 7 heteroatoms. The molecule has 1 saturated heterocycles. The lowest BCUT2D eigenvalue weighted by Gasteiger charge is -2.23. The Kier molecular flexibility index (Phi) is 5.88. The number of ether oxygens (including phenoxy) is 1. The van der Waals surface area contributed by atoms with Gasteiger partial charge in [0.05, 0.1) is 25.1 Å². The van der Waals surface area contributed by atoms with Gasteiger partial charge in [-0.1, -0.05) is 0 Å². The lowest BCUT2D eigenvalue weighted by molar-refractivity contribution is -0.139. The summed E-state index contributed by atoms with van der Waals surface area (Å²) in [7, 11) is 0. The zero-order valence-corrected chi connectivity index (χ0v) is 15.5. The molecule has 26 heavy (non-hydrogen) atoms. The molecule has 1 amide bonds. The van der Waals surface area contributed by atoms with Crippen LogP contribution in [0.15, 0.2) is 29.6 Å². The second-order valence-corrected chi connectivity index (χ2v) is 7.12. The van der Waals surface area contributed by atoms with Crippen LogP contribution in [0.3, 0.4) is 0 Å². The summed E-state index contributed by atoms with van der Waals surface area (Å²) in [5.74, 6) is -0.0832. The average molecular weight is 374 g/mol. The highest BCUT2D eigenvalue weighted by Crippen LogP contribution is 2.27. The molecule has 138 valence electrons. The molecule has 1 fully saturated rings. The highest BCUT2D eigenvalue weighted by Gasteiger charge is 2.30. The van der Waals surface area contributed by atoms with E-state index in [-0.39, 0.29) is 24.8 Å². The van der Waals surface area contributed by atoms with E-state index in [0.29, 0.717) is 13.2 Å². The van der Waals surface area contributed by atoms with Gasteiger partial charge in [0.2, 0.25) is 5.91 Å². The molecule has 1 aliphatic heterocycles. The Labute approximate surface area is 156 Å². The number of carboxylic acid groups (broad SMARTS) is 1. The van der Waals surface area contributed by atoms with Crippen LogP contribution in [0.5, 0.6) is 5.75 Å². The topological polar surface area (TPSA) is 79.7 Å². The first-order chi connectivity index (χ1) is 12.6. The van der Waals surface area contributed by atoms with Crippen LogP contribution in [0, 0.1) is 0 Å². The molecule has 1 unspecified atom stereocenters. The van der Waals surface area contributed by atoms with Crippen molar-refractivity contribution in [2.75, 3.05) is 13.2 Å². The van der Waals surface area contributed by atoms with Crippen molar-refractivity contribution in [2.24, 2.45) is 0 Å². The van der Waals surface area contributed by atoms with Crippen LogP contribution in [0.1, 0.15) is 31.9 Å². The van der Waals surface area contributed by atoms with E-state index in [2.05, 4.69) is 4.98 Å². The van der Waals surface area contributed by atoms with Crippen LogP contribution in [-0.2, 0) is 16.0 Å². The molecule has 1 aromatic heterocycles. The number of hydrogen-bond acceptors (Lipinski definition) is 5. The van der Waals surface area contributed by atoms with E-state index in [1.165, 1.54) is 11.3 Å². The van der Waals surface area contributed by atoms with E-state index < -0.39 is 5.97 Å². The van der Waals surface area contributed by atoms with Gasteiger partial charge < -0.3 is 14.7 Å². The van der Waals surface area contributed by atoms with Crippen molar-refractivity contribution >= 4 is 23.2 Å². The normalized spacial score (nSPS) is 16.7. The number of nitrogens with zero attached hydrogens (tertiary/aromatic N) is 2. The standard InChI is InChI=1S/C19H22N2O4S/c1-2-25-16-7-5-13(6-8-16)19-20-14(12-26-19)10-17(22)21-9-3-4-15(21)11-18(23)24/h5-8,12,15H,2-4,9-11H2,1H3,(H,23,24). The smallest absolute Gasteiger partial charge is 0.305 e. The summed E-state index contributed by atoms with van der Waals surface area (Å²) in [4.78, 5) is 29.8. The molecule has 2 aromatic rings. The Balaban J connectivity index is 1.64. The number of aliphatic carboxylic acids is 1. The second-order valence-electron chi connectivity index (χ2n) is 6.26. The number of aromatic nitrogens is 1. The number of thiazole rings is 1. The van der Waals surface area contributed by atoms with Crippen molar-refractivity contribution in [3.8, 4) is 16.3 Å². The first-order valence-electron chi connectivity index (χ1n) is 8.75. The van der Waals surface area contributed by atoms with Crippen LogP contribution in [0.25, 0.3) is 10.6 Å². The van der Waals surface area contributed by atoms with Gasteiger partial charge in [-0.3, -0.25) is 9.59 Å². The molecule has 0 bridgehead atoms. The molecule has 1 N–H and O–H groups in total. The van der Waals surface area contributed by atoms with Crippen molar-refractivity contribution in [3.05, 3.63) is 35.3 Å². The zero-order valence-electron chi connectivity index (χ0n) is 14.7. The number of hydrogen-bond donors (Lipinski definition) is 1. The maximum absolute atomic E-state index is 12.6. The predicted octanol–water partition coefficient (Wildman–Crippen LogP) is 3.22. The van der Waals surface area contributed by atoms with Gasteiger partial charge in [-0.25, -0.2) is 4.98 Å². The molecule has 0 radical (unpaired) electrons. The summed E-state index contributed by atoms with van der Waals surface area (Å²) >= 11 is 1.50. The molecular weight excluding hydrogens is 352 g/mol. The lowest BCUT2D eigenvalue weighted by Crippen LogP contribution is -2.37. The minimum absolute atomic E-state index is 0.0141. The fraction of sp³-hybridized carbons (Fsp3) is 0.421. The van der Waals surface area contributed by atoms with Gasteiger partial charge in [0.25, 0.3) is 0 Å². The van der Waals surface area contributed by atoms with Gasteiger partial charge in [-0.05, 0) is 44.0 Å². The monoisotopic (exact) mass is 374 g/mol. The summed E-state index contributed by atoms with van der Waals surface area (Å²) in [6, 6.07) is 7.54. The fourth-order valence-electron chi connectivity index (χ4n) is 3.22. The van der Waals surface area contributed by atoms with Crippen LogP contribution < -0.4 is 4.74 Å². The Morgan fingerprint density at radius 1 is 1.35 bits per heavy atom. The first-order valence-corrected chi connectivity index (χ1v) is 9.63. The highest BCUT2D eigenvalue weighted by molar-refractivity contribution is 7.13. The Morgan fingerprint density at radius 2 is 2.12 bits per heavy atom. The first kappa shape index (κ1) is 18.4. The number of carbonyl (C=O) groups excluding carboxylic acids is 1. The summed E-state index contributed by atoms with van der Waals surface area (Å²) in [5, 5.41) is 11.7. The Morgan fingerprint density at radius 3 is 2.81 bits per heavy atom. The fourth-order valence-corrected chi connectivity index (χ4v) is 4.04. The number of benzene rings is 1. The van der Waals surface area contributed by atoms with Crippen molar-refractivity contribution in [2.45, 2.75) is 38.6 Å². The van der Waals surface area contributed by atoms with Crippen molar-refractivity contribution in [1.29, 1.82) is 0 Å². The summed E-state index contributed by atoms with van der Waals surface area (Å²) in [6.45, 7) is 3.20. The van der Waals surface area contributed by atoms with Crippen LogP contribution in [0.4, 0.5) is 0 Å².